The van der Waals surface area contributed by atoms with Crippen molar-refractivity contribution in [3.05, 3.63) is 46.5 Å². The molecule has 2 heterocycles. The Labute approximate surface area is 152 Å². The number of benzene rings is 1. The van der Waals surface area contributed by atoms with E-state index in [4.69, 9.17) is 23.6 Å². The number of nitrogens with zero attached hydrogens (tertiary/aromatic N) is 1. The predicted molar refractivity (Wildman–Crippen MR) is 95.5 cm³/mol. The molecule has 1 saturated heterocycles. The first-order chi connectivity index (χ1) is 12.1. The third kappa shape index (κ3) is 4.78. The van der Waals surface area contributed by atoms with Crippen molar-refractivity contribution in [2.45, 2.75) is 25.2 Å². The minimum atomic E-state index is -1.02. The van der Waals surface area contributed by atoms with Gasteiger partial charge in [0, 0.05) is 11.5 Å². The number of nitriles is 1. The number of piperidine rings is 1. The van der Waals surface area contributed by atoms with E-state index in [0.29, 0.717) is 5.56 Å². The molecule has 0 aromatic heterocycles. The summed E-state index contributed by atoms with van der Waals surface area (Å²) in [5, 5.41) is 13.9. The largest absolute Gasteiger partial charge is 0.762 e. The summed E-state index contributed by atoms with van der Waals surface area (Å²) >= 11 is 4.98. The highest BCUT2D eigenvalue weighted by molar-refractivity contribution is 7.63. The summed E-state index contributed by atoms with van der Waals surface area (Å²) in [4.78, 5) is 23.4. The molecule has 1 aromatic rings. The van der Waals surface area contributed by atoms with Gasteiger partial charge in [0.1, 0.15) is 5.92 Å². The van der Waals surface area contributed by atoms with Crippen molar-refractivity contribution in [2.24, 2.45) is 11.7 Å². The van der Waals surface area contributed by atoms with Crippen molar-refractivity contribution in [1.29, 1.82) is 5.26 Å². The van der Waals surface area contributed by atoms with E-state index >= 15 is 0 Å². The second-order valence-electron chi connectivity index (χ2n) is 6.02. The molecule has 5 N–H and O–H groups in total. The normalized spacial score (nSPS) is 22.9. The molecule has 0 saturated carbocycles. The summed E-state index contributed by atoms with van der Waals surface area (Å²) in [6.45, 7) is 2.75. The van der Waals surface area contributed by atoms with E-state index in [0.717, 1.165) is 0 Å². The topological polar surface area (TPSA) is 113 Å². The number of hydrogen-bond acceptors (Lipinski definition) is 4. The first-order valence-corrected chi connectivity index (χ1v) is 8.75. The van der Waals surface area contributed by atoms with Crippen LogP contribution < -0.4 is 16.4 Å². The zero-order chi connectivity index (χ0) is 18.2. The SMILES string of the molecule is C1CC[NH2+]CC1.N#CC1C(=O)NC([S-])=C(C(N)=O)C1c1ccccc1. The fourth-order valence-corrected chi connectivity index (χ4v) is 3.36. The van der Waals surface area contributed by atoms with E-state index in [1.165, 1.54) is 32.4 Å². The number of carbonyl (C=O) groups excluding carboxylic acids is 2. The minimum absolute atomic E-state index is 0.00199. The first kappa shape index (κ1) is 18.9. The van der Waals surface area contributed by atoms with Crippen molar-refractivity contribution in [1.82, 2.24) is 5.32 Å². The molecule has 2 aliphatic rings. The van der Waals surface area contributed by atoms with Gasteiger partial charge in [0.15, 0.2) is 0 Å². The lowest BCUT2D eigenvalue weighted by molar-refractivity contribution is -0.662. The summed E-state index contributed by atoms with van der Waals surface area (Å²) in [7, 11) is 0. The van der Waals surface area contributed by atoms with Crippen molar-refractivity contribution in [2.75, 3.05) is 13.1 Å². The van der Waals surface area contributed by atoms with E-state index in [9.17, 15) is 9.59 Å². The van der Waals surface area contributed by atoms with Crippen LogP contribution >= 0.6 is 0 Å². The summed E-state index contributed by atoms with van der Waals surface area (Å²) in [5.74, 6) is -2.97. The quantitative estimate of drug-likeness (QED) is 0.647. The Morgan fingerprint density at radius 1 is 1.24 bits per heavy atom. The lowest BCUT2D eigenvalue weighted by Crippen LogP contribution is -2.85. The zero-order valence-electron chi connectivity index (χ0n) is 13.9. The van der Waals surface area contributed by atoms with E-state index in [1.54, 1.807) is 30.3 Å². The van der Waals surface area contributed by atoms with Crippen LogP contribution in [0.2, 0.25) is 0 Å². The second kappa shape index (κ2) is 9.16. The van der Waals surface area contributed by atoms with Crippen LogP contribution in [0.15, 0.2) is 40.9 Å². The Hall–Kier alpha value is -2.43. The lowest BCUT2D eigenvalue weighted by atomic mass is 9.78. The van der Waals surface area contributed by atoms with Gasteiger partial charge in [-0.25, -0.2) is 0 Å². The van der Waals surface area contributed by atoms with Crippen LogP contribution in [-0.4, -0.2) is 24.9 Å². The van der Waals surface area contributed by atoms with Gasteiger partial charge in [0.25, 0.3) is 0 Å². The maximum Gasteiger partial charge on any atom is 0.245 e. The van der Waals surface area contributed by atoms with E-state index < -0.39 is 23.7 Å². The molecule has 2 aliphatic heterocycles. The minimum Gasteiger partial charge on any atom is -0.762 e. The molecule has 2 amide bonds. The molecule has 0 radical (unpaired) electrons. The number of quaternary nitrogens is 1. The summed E-state index contributed by atoms with van der Waals surface area (Å²) in [5.41, 5.74) is 6.09. The van der Waals surface area contributed by atoms with Crippen LogP contribution in [0, 0.1) is 17.2 Å². The Bertz CT molecular complexity index is 681. The third-order valence-corrected chi connectivity index (χ3v) is 4.61. The molecule has 1 fully saturated rings. The average Bonchev–Trinajstić information content (AvgIpc) is 2.63. The molecule has 2 atom stereocenters. The highest BCUT2D eigenvalue weighted by Crippen LogP contribution is 2.36. The standard InChI is InChI=1S/C13H11N3O2S.C5H11N/c14-6-8-9(7-4-2-1-3-5-7)10(11(15)17)13(19)16-12(8)18;1-2-4-6-5-3-1/h1-5,8-9,19H,(H2,15,17)(H,16,18);6H,1-5H2. The zero-order valence-corrected chi connectivity index (χ0v) is 14.7. The lowest BCUT2D eigenvalue weighted by Gasteiger charge is -2.33. The van der Waals surface area contributed by atoms with Gasteiger partial charge in [-0.05, 0) is 24.8 Å². The third-order valence-electron chi connectivity index (χ3n) is 4.29. The van der Waals surface area contributed by atoms with Crippen LogP contribution in [0.5, 0.6) is 0 Å². The van der Waals surface area contributed by atoms with Crippen molar-refractivity contribution in [3.63, 3.8) is 0 Å². The van der Waals surface area contributed by atoms with Gasteiger partial charge >= 0.3 is 0 Å². The van der Waals surface area contributed by atoms with Crippen LogP contribution in [0.3, 0.4) is 0 Å². The number of nitrogens with one attached hydrogen (secondary N) is 1. The summed E-state index contributed by atoms with van der Waals surface area (Å²) < 4.78 is 0. The Balaban J connectivity index is 0.000000316. The summed E-state index contributed by atoms with van der Waals surface area (Å²) in [6, 6.07) is 10.7. The predicted octanol–water partition coefficient (Wildman–Crippen LogP) is 0.0173. The second-order valence-corrected chi connectivity index (χ2v) is 6.43. The monoisotopic (exact) mass is 358 g/mol. The van der Waals surface area contributed by atoms with Crippen LogP contribution in [0.25, 0.3) is 0 Å². The van der Waals surface area contributed by atoms with Crippen molar-refractivity contribution >= 4 is 24.4 Å². The van der Waals surface area contributed by atoms with Gasteiger partial charge in [-0.15, -0.1) is 0 Å². The molecule has 3 rings (SSSR count). The molecule has 2 unspecified atom stereocenters. The number of hydrogen-bond donors (Lipinski definition) is 3. The van der Waals surface area contributed by atoms with Gasteiger partial charge in [0.05, 0.1) is 19.2 Å². The highest BCUT2D eigenvalue weighted by Gasteiger charge is 2.38. The van der Waals surface area contributed by atoms with Gasteiger partial charge in [-0.3, -0.25) is 9.59 Å². The van der Waals surface area contributed by atoms with E-state index in [-0.39, 0.29) is 10.6 Å². The molecular formula is C18H22N4O2S. The number of rotatable bonds is 2. The fraction of sp³-hybridized carbons (Fsp3) is 0.389. The molecular weight excluding hydrogens is 336 g/mol. The summed E-state index contributed by atoms with van der Waals surface area (Å²) in [6.07, 6.45) is 4.36. The smallest absolute Gasteiger partial charge is 0.245 e. The first-order valence-electron chi connectivity index (χ1n) is 8.34. The van der Waals surface area contributed by atoms with E-state index in [2.05, 4.69) is 10.6 Å². The Morgan fingerprint density at radius 3 is 2.32 bits per heavy atom. The molecule has 1 aromatic carbocycles. The Kier molecular flexibility index (Phi) is 6.92. The van der Waals surface area contributed by atoms with Gasteiger partial charge in [-0.1, -0.05) is 35.4 Å². The fourth-order valence-electron chi connectivity index (χ4n) is 3.03. The molecule has 0 spiro atoms. The van der Waals surface area contributed by atoms with Gasteiger partial charge < -0.3 is 29.0 Å². The molecule has 7 heteroatoms. The molecule has 6 nitrogen and oxygen atoms in total. The number of primary amides is 1. The number of amides is 2. The van der Waals surface area contributed by atoms with Crippen molar-refractivity contribution < 1.29 is 14.9 Å². The maximum atomic E-state index is 11.8. The molecule has 25 heavy (non-hydrogen) atoms. The average molecular weight is 358 g/mol. The Morgan fingerprint density at radius 2 is 1.88 bits per heavy atom. The van der Waals surface area contributed by atoms with Crippen molar-refractivity contribution in [3.8, 4) is 6.07 Å². The van der Waals surface area contributed by atoms with Crippen LogP contribution in [0.1, 0.15) is 30.7 Å². The van der Waals surface area contributed by atoms with Gasteiger partial charge in [-0.2, -0.15) is 5.26 Å². The van der Waals surface area contributed by atoms with Crippen LogP contribution in [-0.2, 0) is 22.2 Å². The van der Waals surface area contributed by atoms with Gasteiger partial charge in [0.2, 0.25) is 11.8 Å². The van der Waals surface area contributed by atoms with Crippen LogP contribution in [0.4, 0.5) is 0 Å². The molecule has 0 aliphatic carbocycles. The number of nitrogens with two attached hydrogens (primary N) is 2. The molecule has 0 bridgehead atoms. The maximum absolute atomic E-state index is 11.8. The highest BCUT2D eigenvalue weighted by atomic mass is 32.1. The molecule has 132 valence electrons. The van der Waals surface area contributed by atoms with E-state index in [1.807, 2.05) is 6.07 Å². The number of carbonyl (C=O) groups is 2.